The monoisotopic (exact) mass is 249 g/mol. The fourth-order valence-electron chi connectivity index (χ4n) is 2.55. The molecule has 0 aliphatic carbocycles. The maximum Gasteiger partial charge on any atom is 0.0703 e. The molecule has 2 heterocycles. The van der Waals surface area contributed by atoms with E-state index in [0.29, 0.717) is 12.1 Å². The second-order valence-corrected chi connectivity index (χ2v) is 4.91. The smallest absolute Gasteiger partial charge is 0.0703 e. The van der Waals surface area contributed by atoms with Crippen LogP contribution in [-0.4, -0.2) is 42.2 Å². The number of nitrogens with zero attached hydrogens (tertiary/aromatic N) is 2. The van der Waals surface area contributed by atoms with Gasteiger partial charge in [-0.1, -0.05) is 0 Å². The van der Waals surface area contributed by atoms with Crippen molar-refractivity contribution in [3.05, 3.63) is 24.0 Å². The molecule has 0 spiro atoms. The third-order valence-electron chi connectivity index (χ3n) is 3.51. The van der Waals surface area contributed by atoms with Gasteiger partial charge in [-0.05, 0) is 39.4 Å². The fraction of sp³-hybridized carbons (Fsp3) is 0.643. The molecule has 2 atom stereocenters. The first-order valence-electron chi connectivity index (χ1n) is 6.71. The molecule has 4 nitrogen and oxygen atoms in total. The van der Waals surface area contributed by atoms with E-state index in [1.54, 1.807) is 0 Å². The number of aromatic nitrogens is 1. The Morgan fingerprint density at radius 1 is 1.56 bits per heavy atom. The third-order valence-corrected chi connectivity index (χ3v) is 3.51. The van der Waals surface area contributed by atoms with Gasteiger partial charge in [0.25, 0.3) is 0 Å². The summed E-state index contributed by atoms with van der Waals surface area (Å²) in [5, 5.41) is 3.32. The molecule has 1 fully saturated rings. The molecule has 2 rings (SSSR count). The molecule has 1 N–H and O–H groups in total. The van der Waals surface area contributed by atoms with Crippen LogP contribution in [0.3, 0.4) is 0 Å². The van der Waals surface area contributed by atoms with Gasteiger partial charge in [-0.3, -0.25) is 9.88 Å². The number of rotatable bonds is 5. The Bertz CT molecular complexity index is 383. The lowest BCUT2D eigenvalue weighted by Gasteiger charge is -2.26. The van der Waals surface area contributed by atoms with E-state index in [9.17, 15) is 0 Å². The zero-order chi connectivity index (χ0) is 13.0. The summed E-state index contributed by atoms with van der Waals surface area (Å²) in [4.78, 5) is 6.78. The second-order valence-electron chi connectivity index (χ2n) is 4.91. The molecule has 1 aliphatic rings. The SMILES string of the molecule is CCNc1ccnc(CN(C)C2CCOC2C)c1. The van der Waals surface area contributed by atoms with Gasteiger partial charge in [0.2, 0.25) is 0 Å². The van der Waals surface area contributed by atoms with Gasteiger partial charge in [-0.2, -0.15) is 0 Å². The van der Waals surface area contributed by atoms with Crippen molar-refractivity contribution in [3.63, 3.8) is 0 Å². The third kappa shape index (κ3) is 3.21. The van der Waals surface area contributed by atoms with Crippen LogP contribution in [0.4, 0.5) is 5.69 Å². The van der Waals surface area contributed by atoms with Crippen molar-refractivity contribution < 1.29 is 4.74 Å². The van der Waals surface area contributed by atoms with Gasteiger partial charge in [0.15, 0.2) is 0 Å². The van der Waals surface area contributed by atoms with Gasteiger partial charge < -0.3 is 10.1 Å². The van der Waals surface area contributed by atoms with Gasteiger partial charge >= 0.3 is 0 Å². The lowest BCUT2D eigenvalue weighted by Crippen LogP contribution is -2.36. The van der Waals surface area contributed by atoms with Crippen molar-refractivity contribution in [1.82, 2.24) is 9.88 Å². The highest BCUT2D eigenvalue weighted by atomic mass is 16.5. The molecule has 0 bridgehead atoms. The molecule has 1 aromatic heterocycles. The number of anilines is 1. The van der Waals surface area contributed by atoms with Crippen LogP contribution in [-0.2, 0) is 11.3 Å². The predicted octanol–water partition coefficient (Wildman–Crippen LogP) is 2.12. The summed E-state index contributed by atoms with van der Waals surface area (Å²) in [7, 11) is 2.15. The molecule has 1 aromatic rings. The minimum Gasteiger partial charge on any atom is -0.385 e. The number of nitrogens with one attached hydrogen (secondary N) is 1. The minimum atomic E-state index is 0.326. The summed E-state index contributed by atoms with van der Waals surface area (Å²) in [5.74, 6) is 0. The van der Waals surface area contributed by atoms with Crippen LogP contribution in [0.25, 0.3) is 0 Å². The molecule has 1 saturated heterocycles. The van der Waals surface area contributed by atoms with Crippen molar-refractivity contribution in [3.8, 4) is 0 Å². The summed E-state index contributed by atoms with van der Waals surface area (Å²) in [5.41, 5.74) is 2.25. The normalized spacial score (nSPS) is 23.6. The van der Waals surface area contributed by atoms with Crippen molar-refractivity contribution in [2.45, 2.75) is 39.0 Å². The number of likely N-dealkylation sites (N-methyl/N-ethyl adjacent to an activating group) is 1. The molecule has 18 heavy (non-hydrogen) atoms. The van der Waals surface area contributed by atoms with Crippen LogP contribution in [0, 0.1) is 0 Å². The molecule has 1 aliphatic heterocycles. The first kappa shape index (κ1) is 13.3. The van der Waals surface area contributed by atoms with E-state index in [0.717, 1.165) is 37.5 Å². The maximum absolute atomic E-state index is 5.61. The van der Waals surface area contributed by atoms with Crippen molar-refractivity contribution >= 4 is 5.69 Å². The quantitative estimate of drug-likeness (QED) is 0.867. The predicted molar refractivity (Wildman–Crippen MR) is 73.7 cm³/mol. The average Bonchev–Trinajstić information content (AvgIpc) is 2.76. The molecule has 0 radical (unpaired) electrons. The van der Waals surface area contributed by atoms with Crippen LogP contribution in [0.5, 0.6) is 0 Å². The summed E-state index contributed by atoms with van der Waals surface area (Å²) >= 11 is 0. The number of ether oxygens (including phenoxy) is 1. The van der Waals surface area contributed by atoms with Crippen LogP contribution in [0.1, 0.15) is 26.0 Å². The number of hydrogen-bond acceptors (Lipinski definition) is 4. The lowest BCUT2D eigenvalue weighted by molar-refractivity contribution is 0.0810. The summed E-state index contributed by atoms with van der Waals surface area (Å²) in [6, 6.07) is 4.64. The Labute approximate surface area is 109 Å². The van der Waals surface area contributed by atoms with Gasteiger partial charge in [0.1, 0.15) is 0 Å². The molecule has 100 valence electrons. The Kier molecular flexibility index (Phi) is 4.55. The van der Waals surface area contributed by atoms with E-state index in [4.69, 9.17) is 4.74 Å². The Hall–Kier alpha value is -1.13. The fourth-order valence-corrected chi connectivity index (χ4v) is 2.55. The van der Waals surface area contributed by atoms with Gasteiger partial charge in [0, 0.05) is 37.6 Å². The maximum atomic E-state index is 5.61. The summed E-state index contributed by atoms with van der Waals surface area (Å²) in [6.07, 6.45) is 3.31. The van der Waals surface area contributed by atoms with Crippen LogP contribution in [0.15, 0.2) is 18.3 Å². The van der Waals surface area contributed by atoms with Gasteiger partial charge in [0.05, 0.1) is 11.8 Å². The standard InChI is InChI=1S/C14H23N3O/c1-4-15-12-5-7-16-13(9-12)10-17(3)14-6-8-18-11(14)2/h5,7,9,11,14H,4,6,8,10H2,1-3H3,(H,15,16). The van der Waals surface area contributed by atoms with Gasteiger partial charge in [-0.25, -0.2) is 0 Å². The molecule has 0 aromatic carbocycles. The van der Waals surface area contributed by atoms with Crippen molar-refractivity contribution in [2.24, 2.45) is 0 Å². The molecular formula is C14H23N3O. The van der Waals surface area contributed by atoms with E-state index in [1.165, 1.54) is 0 Å². The van der Waals surface area contributed by atoms with Crippen LogP contribution in [0.2, 0.25) is 0 Å². The first-order chi connectivity index (χ1) is 8.70. The lowest BCUT2D eigenvalue weighted by atomic mass is 10.1. The number of hydrogen-bond donors (Lipinski definition) is 1. The average molecular weight is 249 g/mol. The Morgan fingerprint density at radius 2 is 2.39 bits per heavy atom. The van der Waals surface area contributed by atoms with E-state index in [-0.39, 0.29) is 0 Å². The zero-order valence-electron chi connectivity index (χ0n) is 11.5. The molecule has 2 unspecified atom stereocenters. The Morgan fingerprint density at radius 3 is 3.06 bits per heavy atom. The topological polar surface area (TPSA) is 37.4 Å². The second kappa shape index (κ2) is 6.16. The van der Waals surface area contributed by atoms with E-state index >= 15 is 0 Å². The van der Waals surface area contributed by atoms with Gasteiger partial charge in [-0.15, -0.1) is 0 Å². The largest absolute Gasteiger partial charge is 0.385 e. The highest BCUT2D eigenvalue weighted by Crippen LogP contribution is 2.20. The Balaban J connectivity index is 1.97. The minimum absolute atomic E-state index is 0.326. The molecular weight excluding hydrogens is 226 g/mol. The highest BCUT2D eigenvalue weighted by molar-refractivity contribution is 5.42. The van der Waals surface area contributed by atoms with Crippen molar-refractivity contribution in [2.75, 3.05) is 25.5 Å². The first-order valence-corrected chi connectivity index (χ1v) is 6.71. The van der Waals surface area contributed by atoms with E-state index in [1.807, 2.05) is 12.3 Å². The number of pyridine rings is 1. The molecule has 0 saturated carbocycles. The molecule has 0 amide bonds. The zero-order valence-corrected chi connectivity index (χ0v) is 11.5. The summed E-state index contributed by atoms with van der Waals surface area (Å²) in [6.45, 7) is 6.94. The van der Waals surface area contributed by atoms with Crippen LogP contribution < -0.4 is 5.32 Å². The highest BCUT2D eigenvalue weighted by Gasteiger charge is 2.27. The molecule has 4 heteroatoms. The van der Waals surface area contributed by atoms with E-state index in [2.05, 4.69) is 42.2 Å². The van der Waals surface area contributed by atoms with E-state index < -0.39 is 0 Å². The van der Waals surface area contributed by atoms with Crippen LogP contribution >= 0.6 is 0 Å². The van der Waals surface area contributed by atoms with Crippen molar-refractivity contribution in [1.29, 1.82) is 0 Å². The summed E-state index contributed by atoms with van der Waals surface area (Å²) < 4.78 is 5.61.